The SMILES string of the molecule is Cc1ccc(O)c(-c2ccc(C)c(F)c2F)c1. The Labute approximate surface area is 98.3 Å². The third kappa shape index (κ3) is 2.00. The highest BCUT2D eigenvalue weighted by Crippen LogP contribution is 2.33. The minimum absolute atomic E-state index is 0.0576. The van der Waals surface area contributed by atoms with Crippen molar-refractivity contribution in [2.24, 2.45) is 0 Å². The monoisotopic (exact) mass is 234 g/mol. The molecular weight excluding hydrogens is 222 g/mol. The van der Waals surface area contributed by atoms with E-state index in [4.69, 9.17) is 0 Å². The van der Waals surface area contributed by atoms with Gasteiger partial charge in [0.2, 0.25) is 0 Å². The highest BCUT2D eigenvalue weighted by Gasteiger charge is 2.15. The van der Waals surface area contributed by atoms with Crippen LogP contribution in [0, 0.1) is 25.5 Å². The van der Waals surface area contributed by atoms with Gasteiger partial charge >= 0.3 is 0 Å². The third-order valence-electron chi connectivity index (χ3n) is 2.72. The van der Waals surface area contributed by atoms with Crippen molar-refractivity contribution in [2.75, 3.05) is 0 Å². The molecule has 0 fully saturated rings. The predicted molar refractivity (Wildman–Crippen MR) is 62.9 cm³/mol. The van der Waals surface area contributed by atoms with Crippen LogP contribution in [0.2, 0.25) is 0 Å². The van der Waals surface area contributed by atoms with Crippen LogP contribution in [-0.2, 0) is 0 Å². The molecule has 2 aromatic carbocycles. The van der Waals surface area contributed by atoms with Gasteiger partial charge in [-0.15, -0.1) is 0 Å². The fourth-order valence-electron chi connectivity index (χ4n) is 1.72. The van der Waals surface area contributed by atoms with Crippen molar-refractivity contribution < 1.29 is 13.9 Å². The largest absolute Gasteiger partial charge is 0.507 e. The summed E-state index contributed by atoms with van der Waals surface area (Å²) >= 11 is 0. The number of hydrogen-bond donors (Lipinski definition) is 1. The number of halogens is 2. The van der Waals surface area contributed by atoms with Gasteiger partial charge in [-0.1, -0.05) is 23.8 Å². The van der Waals surface area contributed by atoms with Crippen LogP contribution in [0.4, 0.5) is 8.78 Å². The molecule has 2 rings (SSSR count). The molecule has 0 aromatic heterocycles. The molecule has 1 N–H and O–H groups in total. The van der Waals surface area contributed by atoms with Crippen molar-refractivity contribution in [1.82, 2.24) is 0 Å². The summed E-state index contributed by atoms with van der Waals surface area (Å²) in [5.74, 6) is -1.85. The Morgan fingerprint density at radius 1 is 0.882 bits per heavy atom. The molecule has 1 nitrogen and oxygen atoms in total. The molecule has 2 aromatic rings. The Hall–Kier alpha value is -1.90. The molecule has 3 heteroatoms. The molecule has 0 radical (unpaired) electrons. The second-order valence-corrected chi connectivity index (χ2v) is 4.08. The van der Waals surface area contributed by atoms with Crippen LogP contribution in [0.1, 0.15) is 11.1 Å². The zero-order valence-corrected chi connectivity index (χ0v) is 9.59. The van der Waals surface area contributed by atoms with E-state index >= 15 is 0 Å². The van der Waals surface area contributed by atoms with Gasteiger partial charge in [0.15, 0.2) is 11.6 Å². The molecule has 0 saturated heterocycles. The molecule has 0 saturated carbocycles. The number of aryl methyl sites for hydroxylation is 2. The van der Waals surface area contributed by atoms with Gasteiger partial charge < -0.3 is 5.11 Å². The molecule has 0 amide bonds. The summed E-state index contributed by atoms with van der Waals surface area (Å²) in [5.41, 5.74) is 1.51. The fraction of sp³-hybridized carbons (Fsp3) is 0.143. The Morgan fingerprint density at radius 3 is 2.29 bits per heavy atom. The number of phenolic OH excluding ortho intramolecular Hbond substituents is 1. The predicted octanol–water partition coefficient (Wildman–Crippen LogP) is 3.95. The summed E-state index contributed by atoms with van der Waals surface area (Å²) in [6.45, 7) is 3.32. The Kier molecular flexibility index (Phi) is 2.84. The van der Waals surface area contributed by atoms with Crippen LogP contribution < -0.4 is 0 Å². The summed E-state index contributed by atoms with van der Waals surface area (Å²) in [7, 11) is 0. The Balaban J connectivity index is 2.69. The molecule has 0 heterocycles. The second kappa shape index (κ2) is 4.17. The van der Waals surface area contributed by atoms with E-state index in [1.54, 1.807) is 12.1 Å². The first-order valence-corrected chi connectivity index (χ1v) is 5.25. The molecule has 0 unspecified atom stereocenters. The van der Waals surface area contributed by atoms with E-state index in [1.807, 2.05) is 6.92 Å². The van der Waals surface area contributed by atoms with Gasteiger partial charge in [-0.3, -0.25) is 0 Å². The van der Waals surface area contributed by atoms with E-state index in [0.29, 0.717) is 5.56 Å². The number of hydrogen-bond acceptors (Lipinski definition) is 1. The normalized spacial score (nSPS) is 10.6. The standard InChI is InChI=1S/C14H12F2O/c1-8-3-6-12(17)11(7-8)10-5-4-9(2)13(15)14(10)16/h3-7,17H,1-2H3. The van der Waals surface area contributed by atoms with E-state index in [2.05, 4.69) is 0 Å². The van der Waals surface area contributed by atoms with Gasteiger partial charge in [0.05, 0.1) is 0 Å². The molecule has 88 valence electrons. The summed E-state index contributed by atoms with van der Waals surface area (Å²) in [5, 5.41) is 9.68. The maximum absolute atomic E-state index is 13.8. The van der Waals surface area contributed by atoms with Crippen molar-refractivity contribution >= 4 is 0 Å². The van der Waals surface area contributed by atoms with Crippen LogP contribution in [-0.4, -0.2) is 5.11 Å². The number of phenols is 1. The lowest BCUT2D eigenvalue weighted by atomic mass is 10.0. The van der Waals surface area contributed by atoms with Gasteiger partial charge in [0, 0.05) is 11.1 Å². The van der Waals surface area contributed by atoms with E-state index in [1.165, 1.54) is 25.1 Å². The number of rotatable bonds is 1. The molecular formula is C14H12F2O. The molecule has 0 bridgehead atoms. The molecule has 17 heavy (non-hydrogen) atoms. The summed E-state index contributed by atoms with van der Waals surface area (Å²) in [6.07, 6.45) is 0. The number of aromatic hydroxyl groups is 1. The van der Waals surface area contributed by atoms with Gasteiger partial charge in [-0.05, 0) is 31.5 Å². The van der Waals surface area contributed by atoms with Crippen LogP contribution in [0.5, 0.6) is 5.75 Å². The third-order valence-corrected chi connectivity index (χ3v) is 2.72. The topological polar surface area (TPSA) is 20.2 Å². The van der Waals surface area contributed by atoms with Crippen LogP contribution in [0.3, 0.4) is 0 Å². The first kappa shape index (κ1) is 11.6. The average molecular weight is 234 g/mol. The van der Waals surface area contributed by atoms with E-state index in [-0.39, 0.29) is 16.9 Å². The maximum Gasteiger partial charge on any atom is 0.167 e. The van der Waals surface area contributed by atoms with Crippen molar-refractivity contribution in [3.05, 3.63) is 53.1 Å². The minimum atomic E-state index is -0.925. The average Bonchev–Trinajstić information content (AvgIpc) is 2.30. The first-order chi connectivity index (χ1) is 8.00. The maximum atomic E-state index is 13.8. The van der Waals surface area contributed by atoms with Gasteiger partial charge in [-0.25, -0.2) is 8.78 Å². The van der Waals surface area contributed by atoms with Gasteiger partial charge in [0.1, 0.15) is 5.75 Å². The van der Waals surface area contributed by atoms with Crippen LogP contribution >= 0.6 is 0 Å². The summed E-state index contributed by atoms with van der Waals surface area (Å²) in [4.78, 5) is 0. The highest BCUT2D eigenvalue weighted by molar-refractivity contribution is 5.71. The van der Waals surface area contributed by atoms with Crippen molar-refractivity contribution in [1.29, 1.82) is 0 Å². The smallest absolute Gasteiger partial charge is 0.167 e. The minimum Gasteiger partial charge on any atom is -0.507 e. The van der Waals surface area contributed by atoms with E-state index in [9.17, 15) is 13.9 Å². The molecule has 0 aliphatic heterocycles. The summed E-state index contributed by atoms with van der Waals surface area (Å²) in [6, 6.07) is 7.78. The van der Waals surface area contributed by atoms with E-state index < -0.39 is 11.6 Å². The van der Waals surface area contributed by atoms with E-state index in [0.717, 1.165) is 5.56 Å². The zero-order valence-electron chi connectivity index (χ0n) is 9.59. The van der Waals surface area contributed by atoms with Crippen molar-refractivity contribution in [3.63, 3.8) is 0 Å². The lowest BCUT2D eigenvalue weighted by Crippen LogP contribution is -1.93. The van der Waals surface area contributed by atoms with Gasteiger partial charge in [-0.2, -0.15) is 0 Å². The van der Waals surface area contributed by atoms with Crippen LogP contribution in [0.15, 0.2) is 30.3 Å². The molecule has 0 atom stereocenters. The van der Waals surface area contributed by atoms with Crippen molar-refractivity contribution in [3.8, 4) is 16.9 Å². The molecule has 0 aliphatic carbocycles. The Bertz CT molecular complexity index is 577. The zero-order chi connectivity index (χ0) is 12.6. The summed E-state index contributed by atoms with van der Waals surface area (Å²) < 4.78 is 27.2. The Morgan fingerprint density at radius 2 is 1.59 bits per heavy atom. The quantitative estimate of drug-likeness (QED) is 0.792. The molecule has 0 aliphatic rings. The fourth-order valence-corrected chi connectivity index (χ4v) is 1.72. The lowest BCUT2D eigenvalue weighted by molar-refractivity contribution is 0.475. The van der Waals surface area contributed by atoms with Gasteiger partial charge in [0.25, 0.3) is 0 Å². The second-order valence-electron chi connectivity index (χ2n) is 4.08. The highest BCUT2D eigenvalue weighted by atomic mass is 19.2. The number of benzene rings is 2. The first-order valence-electron chi connectivity index (χ1n) is 5.25. The van der Waals surface area contributed by atoms with Crippen molar-refractivity contribution in [2.45, 2.75) is 13.8 Å². The molecule has 0 spiro atoms. The van der Waals surface area contributed by atoms with Crippen LogP contribution in [0.25, 0.3) is 11.1 Å². The lowest BCUT2D eigenvalue weighted by Gasteiger charge is -2.09.